The van der Waals surface area contributed by atoms with Crippen LogP contribution in [0.25, 0.3) is 0 Å². The molecule has 19 heavy (non-hydrogen) atoms. The van der Waals surface area contributed by atoms with Gasteiger partial charge in [-0.1, -0.05) is 0 Å². The summed E-state index contributed by atoms with van der Waals surface area (Å²) in [6.07, 6.45) is 0.105. The molecule has 0 aromatic heterocycles. The third kappa shape index (κ3) is 5.15. The molecule has 1 aromatic rings. The minimum Gasteiger partial charge on any atom is -0.466 e. The predicted octanol–water partition coefficient (Wildman–Crippen LogP) is 2.34. The van der Waals surface area contributed by atoms with Gasteiger partial charge in [-0.2, -0.15) is 5.10 Å². The maximum absolute atomic E-state index is 11.2. The maximum atomic E-state index is 11.2. The second kappa shape index (κ2) is 7.10. The van der Waals surface area contributed by atoms with E-state index in [9.17, 15) is 14.9 Å². The van der Waals surface area contributed by atoms with Crippen molar-refractivity contribution in [3.8, 4) is 0 Å². The Kier molecular flexibility index (Phi) is 5.46. The topological polar surface area (TPSA) is 93.8 Å². The molecule has 0 unspecified atom stereocenters. The zero-order chi connectivity index (χ0) is 14.3. The summed E-state index contributed by atoms with van der Waals surface area (Å²) < 4.78 is 4.78. The van der Waals surface area contributed by atoms with Crippen LogP contribution in [-0.4, -0.2) is 23.2 Å². The van der Waals surface area contributed by atoms with Crippen LogP contribution in [0.15, 0.2) is 29.4 Å². The number of nitrogens with one attached hydrogen (secondary N) is 1. The van der Waals surface area contributed by atoms with Gasteiger partial charge in [0, 0.05) is 17.8 Å². The molecule has 7 nitrogen and oxygen atoms in total. The van der Waals surface area contributed by atoms with E-state index in [1.54, 1.807) is 26.0 Å². The van der Waals surface area contributed by atoms with Crippen LogP contribution in [0.3, 0.4) is 0 Å². The monoisotopic (exact) mass is 265 g/mol. The van der Waals surface area contributed by atoms with Crippen molar-refractivity contribution in [1.82, 2.24) is 0 Å². The van der Waals surface area contributed by atoms with Gasteiger partial charge in [-0.25, -0.2) is 0 Å². The van der Waals surface area contributed by atoms with Crippen molar-refractivity contribution >= 4 is 23.1 Å². The second-order valence-electron chi connectivity index (χ2n) is 3.74. The number of hydrazone groups is 1. The zero-order valence-electron chi connectivity index (χ0n) is 10.8. The summed E-state index contributed by atoms with van der Waals surface area (Å²) >= 11 is 0. The van der Waals surface area contributed by atoms with Crippen molar-refractivity contribution in [2.75, 3.05) is 12.0 Å². The summed E-state index contributed by atoms with van der Waals surface area (Å²) in [5, 5.41) is 14.5. The maximum Gasteiger partial charge on any atom is 0.311 e. The minimum atomic E-state index is -0.473. The van der Waals surface area contributed by atoms with Gasteiger partial charge in [-0.15, -0.1) is 0 Å². The Balaban J connectivity index is 2.55. The largest absolute Gasteiger partial charge is 0.466 e. The van der Waals surface area contributed by atoms with Crippen LogP contribution in [0.1, 0.15) is 20.3 Å². The summed E-state index contributed by atoms with van der Waals surface area (Å²) in [5.74, 6) is -0.339. The van der Waals surface area contributed by atoms with Crippen LogP contribution in [0, 0.1) is 10.1 Å². The van der Waals surface area contributed by atoms with Crippen molar-refractivity contribution in [3.05, 3.63) is 34.4 Å². The lowest BCUT2D eigenvalue weighted by molar-refractivity contribution is -0.384. The molecule has 0 atom stereocenters. The Morgan fingerprint density at radius 3 is 2.58 bits per heavy atom. The SMILES string of the molecule is CCOC(=O)C/C(C)=N/Nc1ccc([N+](=O)[O-])cc1. The Morgan fingerprint density at radius 2 is 2.05 bits per heavy atom. The molecule has 0 heterocycles. The number of non-ortho nitro benzene ring substituents is 1. The first-order valence-electron chi connectivity index (χ1n) is 5.72. The lowest BCUT2D eigenvalue weighted by Crippen LogP contribution is -2.10. The lowest BCUT2D eigenvalue weighted by Gasteiger charge is -2.03. The van der Waals surface area contributed by atoms with Gasteiger partial charge >= 0.3 is 5.97 Å². The highest BCUT2D eigenvalue weighted by Crippen LogP contribution is 2.15. The highest BCUT2D eigenvalue weighted by Gasteiger charge is 2.05. The quantitative estimate of drug-likeness (QED) is 0.368. The van der Waals surface area contributed by atoms with Crippen LogP contribution in [-0.2, 0) is 9.53 Å². The molecular weight excluding hydrogens is 250 g/mol. The van der Waals surface area contributed by atoms with E-state index in [1.165, 1.54) is 12.1 Å². The highest BCUT2D eigenvalue weighted by molar-refractivity contribution is 5.97. The van der Waals surface area contributed by atoms with Crippen molar-refractivity contribution in [2.24, 2.45) is 5.10 Å². The highest BCUT2D eigenvalue weighted by atomic mass is 16.6. The standard InChI is InChI=1S/C12H15N3O4/c1-3-19-12(16)8-9(2)13-14-10-4-6-11(7-5-10)15(17)18/h4-7,14H,3,8H2,1-2H3/b13-9+. The molecule has 0 bridgehead atoms. The van der Waals surface area contributed by atoms with E-state index < -0.39 is 4.92 Å². The molecule has 0 radical (unpaired) electrons. The number of hydrogen-bond donors (Lipinski definition) is 1. The van der Waals surface area contributed by atoms with Gasteiger partial charge in [-0.3, -0.25) is 20.3 Å². The van der Waals surface area contributed by atoms with E-state index in [-0.39, 0.29) is 18.1 Å². The summed E-state index contributed by atoms with van der Waals surface area (Å²) in [6.45, 7) is 3.76. The number of esters is 1. The van der Waals surface area contributed by atoms with Gasteiger partial charge in [0.05, 0.1) is 23.6 Å². The number of ether oxygens (including phenoxy) is 1. The summed E-state index contributed by atoms with van der Waals surface area (Å²) in [6, 6.07) is 5.83. The second-order valence-corrected chi connectivity index (χ2v) is 3.74. The molecule has 1 N–H and O–H groups in total. The fourth-order valence-corrected chi connectivity index (χ4v) is 1.28. The first-order valence-corrected chi connectivity index (χ1v) is 5.72. The van der Waals surface area contributed by atoms with Crippen LogP contribution in [0.5, 0.6) is 0 Å². The molecule has 1 aromatic carbocycles. The molecule has 0 saturated carbocycles. The molecule has 7 heteroatoms. The van der Waals surface area contributed by atoms with Crippen LogP contribution in [0.4, 0.5) is 11.4 Å². The van der Waals surface area contributed by atoms with Crippen LogP contribution in [0.2, 0.25) is 0 Å². The first kappa shape index (κ1) is 14.6. The smallest absolute Gasteiger partial charge is 0.311 e. The Morgan fingerprint density at radius 1 is 1.42 bits per heavy atom. The zero-order valence-corrected chi connectivity index (χ0v) is 10.8. The van der Waals surface area contributed by atoms with Crippen molar-refractivity contribution in [3.63, 3.8) is 0 Å². The minimum absolute atomic E-state index is 0.0118. The van der Waals surface area contributed by atoms with E-state index in [0.29, 0.717) is 18.0 Å². The number of hydrogen-bond acceptors (Lipinski definition) is 6. The van der Waals surface area contributed by atoms with Crippen molar-refractivity contribution < 1.29 is 14.5 Å². The Labute approximate surface area is 110 Å². The molecule has 0 fully saturated rings. The lowest BCUT2D eigenvalue weighted by atomic mass is 10.3. The average molecular weight is 265 g/mol. The van der Waals surface area contributed by atoms with E-state index in [0.717, 1.165) is 0 Å². The van der Waals surface area contributed by atoms with Gasteiger partial charge < -0.3 is 4.74 Å². The van der Waals surface area contributed by atoms with E-state index in [2.05, 4.69) is 10.5 Å². The molecule has 0 aliphatic rings. The Bertz CT molecular complexity index is 482. The predicted molar refractivity (Wildman–Crippen MR) is 71.1 cm³/mol. The number of rotatable bonds is 6. The molecule has 0 aliphatic heterocycles. The molecule has 1 rings (SSSR count). The first-order chi connectivity index (χ1) is 9.02. The van der Waals surface area contributed by atoms with Gasteiger partial charge in [0.2, 0.25) is 0 Å². The number of carbonyl (C=O) groups excluding carboxylic acids is 1. The van der Waals surface area contributed by atoms with Crippen LogP contribution < -0.4 is 5.43 Å². The molecular formula is C12H15N3O4. The van der Waals surface area contributed by atoms with E-state index >= 15 is 0 Å². The van der Waals surface area contributed by atoms with Gasteiger partial charge in [0.25, 0.3) is 5.69 Å². The summed E-state index contributed by atoms with van der Waals surface area (Å²) in [5.41, 5.74) is 3.90. The Hall–Kier alpha value is -2.44. The third-order valence-corrected chi connectivity index (χ3v) is 2.16. The van der Waals surface area contributed by atoms with Crippen molar-refractivity contribution in [2.45, 2.75) is 20.3 Å². The van der Waals surface area contributed by atoms with E-state index in [4.69, 9.17) is 4.74 Å². The van der Waals surface area contributed by atoms with Gasteiger partial charge in [0.15, 0.2) is 0 Å². The third-order valence-electron chi connectivity index (χ3n) is 2.16. The number of carbonyl (C=O) groups is 1. The summed E-state index contributed by atoms with van der Waals surface area (Å²) in [7, 11) is 0. The molecule has 102 valence electrons. The molecule has 0 aliphatic carbocycles. The number of benzene rings is 1. The van der Waals surface area contributed by atoms with Gasteiger partial charge in [0.1, 0.15) is 0 Å². The fraction of sp³-hybridized carbons (Fsp3) is 0.333. The number of nitro benzene ring substituents is 1. The van der Waals surface area contributed by atoms with E-state index in [1.807, 2.05) is 0 Å². The molecule has 0 amide bonds. The molecule has 0 spiro atoms. The average Bonchev–Trinajstić information content (AvgIpc) is 2.37. The van der Waals surface area contributed by atoms with Crippen molar-refractivity contribution in [1.29, 1.82) is 0 Å². The van der Waals surface area contributed by atoms with Gasteiger partial charge in [-0.05, 0) is 26.0 Å². The van der Waals surface area contributed by atoms with Crippen LogP contribution >= 0.6 is 0 Å². The summed E-state index contributed by atoms with van der Waals surface area (Å²) in [4.78, 5) is 21.2. The number of nitrogens with zero attached hydrogens (tertiary/aromatic N) is 2. The normalized spacial score (nSPS) is 10.9. The molecule has 0 saturated heterocycles. The fourth-order valence-electron chi connectivity index (χ4n) is 1.28. The number of anilines is 1. The number of nitro groups is 1.